The average Bonchev–Trinajstić information content (AvgIpc) is 2.75. The van der Waals surface area contributed by atoms with Gasteiger partial charge in [0, 0.05) is 23.5 Å². The summed E-state index contributed by atoms with van der Waals surface area (Å²) in [4.78, 5) is 0. The third-order valence-electron chi connectivity index (χ3n) is 2.71. The van der Waals surface area contributed by atoms with Gasteiger partial charge < -0.3 is 10.1 Å². The van der Waals surface area contributed by atoms with Crippen LogP contribution in [0.1, 0.15) is 25.1 Å². The largest absolute Gasteiger partial charge is 0.489 e. The summed E-state index contributed by atoms with van der Waals surface area (Å²) >= 11 is 6.18. The Morgan fingerprint density at radius 3 is 2.79 bits per heavy atom. The summed E-state index contributed by atoms with van der Waals surface area (Å²) in [6.45, 7) is 6.66. The normalized spacial score (nSPS) is 10.8. The van der Waals surface area contributed by atoms with Crippen LogP contribution < -0.4 is 10.1 Å². The summed E-state index contributed by atoms with van der Waals surface area (Å²) in [7, 11) is 0. The lowest BCUT2D eigenvalue weighted by molar-refractivity contribution is 0.242. The number of aryl methyl sites for hydroxylation is 1. The summed E-state index contributed by atoms with van der Waals surface area (Å²) in [6.07, 6.45) is 1.94. The van der Waals surface area contributed by atoms with Crippen molar-refractivity contribution < 1.29 is 4.74 Å². The van der Waals surface area contributed by atoms with Gasteiger partial charge in [-0.05, 0) is 39.0 Å². The Balaban J connectivity index is 2.02. The minimum Gasteiger partial charge on any atom is -0.489 e. The Labute approximate surface area is 118 Å². The molecule has 1 aromatic heterocycles. The van der Waals surface area contributed by atoms with Gasteiger partial charge in [0.25, 0.3) is 0 Å². The molecule has 0 radical (unpaired) electrons. The first kappa shape index (κ1) is 13.7. The van der Waals surface area contributed by atoms with Crippen molar-refractivity contribution in [1.82, 2.24) is 10.2 Å². The lowest BCUT2D eigenvalue weighted by Gasteiger charge is -2.13. The maximum absolute atomic E-state index is 6.18. The molecule has 4 nitrogen and oxygen atoms in total. The van der Waals surface area contributed by atoms with Gasteiger partial charge in [-0.25, -0.2) is 0 Å². The molecule has 2 rings (SSSR count). The highest BCUT2D eigenvalue weighted by molar-refractivity contribution is 6.32. The Morgan fingerprint density at radius 1 is 1.42 bits per heavy atom. The maximum Gasteiger partial charge on any atom is 0.138 e. The average molecular weight is 280 g/mol. The second-order valence-electron chi connectivity index (χ2n) is 4.69. The van der Waals surface area contributed by atoms with E-state index in [1.165, 1.54) is 0 Å². The first-order valence-corrected chi connectivity index (χ1v) is 6.63. The second-order valence-corrected chi connectivity index (χ2v) is 5.09. The summed E-state index contributed by atoms with van der Waals surface area (Å²) in [5, 5.41) is 10.8. The minimum absolute atomic E-state index is 0.116. The number of hydrogen-bond donors (Lipinski definition) is 2. The number of aromatic nitrogens is 2. The molecule has 2 N–H and O–H groups in total. The SMILES string of the molecule is Cc1[nH]ncc1CNc1ccc(OC(C)C)c(Cl)c1. The molecule has 0 aliphatic rings. The first-order chi connectivity index (χ1) is 9.06. The van der Waals surface area contributed by atoms with Gasteiger partial charge >= 0.3 is 0 Å². The Morgan fingerprint density at radius 2 is 2.21 bits per heavy atom. The van der Waals surface area contributed by atoms with E-state index in [0.29, 0.717) is 17.3 Å². The Kier molecular flexibility index (Phi) is 4.32. The number of H-pyrrole nitrogens is 1. The number of aromatic amines is 1. The van der Waals surface area contributed by atoms with Crippen LogP contribution in [0.2, 0.25) is 5.02 Å². The number of benzene rings is 1. The summed E-state index contributed by atoms with van der Waals surface area (Å²) in [5.74, 6) is 0.710. The van der Waals surface area contributed by atoms with Gasteiger partial charge in [0.15, 0.2) is 0 Å². The smallest absolute Gasteiger partial charge is 0.138 e. The van der Waals surface area contributed by atoms with E-state index in [-0.39, 0.29) is 6.10 Å². The van der Waals surface area contributed by atoms with Gasteiger partial charge in [-0.15, -0.1) is 0 Å². The predicted octanol–water partition coefficient (Wildman–Crippen LogP) is 3.77. The van der Waals surface area contributed by atoms with Crippen LogP contribution in [0.4, 0.5) is 5.69 Å². The first-order valence-electron chi connectivity index (χ1n) is 6.25. The molecule has 1 heterocycles. The molecule has 0 spiro atoms. The standard InChI is InChI=1S/C14H18ClN3O/c1-9(2)19-14-5-4-12(6-13(14)15)16-7-11-8-17-18-10(11)3/h4-6,8-9,16H,7H2,1-3H3,(H,17,18). The molecular weight excluding hydrogens is 262 g/mol. The summed E-state index contributed by atoms with van der Waals surface area (Å²) < 4.78 is 5.59. The van der Waals surface area contributed by atoms with Crippen molar-refractivity contribution in [3.8, 4) is 5.75 Å². The van der Waals surface area contributed by atoms with Crippen molar-refractivity contribution in [2.75, 3.05) is 5.32 Å². The van der Waals surface area contributed by atoms with Crippen LogP contribution in [0, 0.1) is 6.92 Å². The molecule has 102 valence electrons. The van der Waals surface area contributed by atoms with Crippen molar-refractivity contribution in [2.24, 2.45) is 0 Å². The number of anilines is 1. The molecule has 2 aromatic rings. The monoisotopic (exact) mass is 279 g/mol. The zero-order chi connectivity index (χ0) is 13.8. The van der Waals surface area contributed by atoms with Crippen LogP contribution in [0.5, 0.6) is 5.75 Å². The molecule has 0 aliphatic heterocycles. The number of nitrogens with zero attached hydrogens (tertiary/aromatic N) is 1. The quantitative estimate of drug-likeness (QED) is 0.876. The zero-order valence-corrected chi connectivity index (χ0v) is 12.1. The molecule has 0 atom stereocenters. The maximum atomic E-state index is 6.18. The fourth-order valence-corrected chi connectivity index (χ4v) is 1.94. The fraction of sp³-hybridized carbons (Fsp3) is 0.357. The van der Waals surface area contributed by atoms with Crippen molar-refractivity contribution in [3.63, 3.8) is 0 Å². The van der Waals surface area contributed by atoms with Crippen LogP contribution in [-0.2, 0) is 6.54 Å². The topological polar surface area (TPSA) is 49.9 Å². The van der Waals surface area contributed by atoms with E-state index >= 15 is 0 Å². The van der Waals surface area contributed by atoms with Crippen molar-refractivity contribution >= 4 is 17.3 Å². The van der Waals surface area contributed by atoms with Crippen molar-refractivity contribution in [2.45, 2.75) is 33.4 Å². The molecule has 0 saturated carbocycles. The molecule has 19 heavy (non-hydrogen) atoms. The highest BCUT2D eigenvalue weighted by atomic mass is 35.5. The van der Waals surface area contributed by atoms with Gasteiger partial charge in [0.05, 0.1) is 17.3 Å². The van der Waals surface area contributed by atoms with E-state index in [1.54, 1.807) is 0 Å². The molecule has 0 bridgehead atoms. The van der Waals surface area contributed by atoms with Crippen molar-refractivity contribution in [3.05, 3.63) is 40.7 Å². The number of rotatable bonds is 5. The third-order valence-corrected chi connectivity index (χ3v) is 3.01. The molecule has 0 saturated heterocycles. The lowest BCUT2D eigenvalue weighted by atomic mass is 10.2. The molecule has 0 amide bonds. The molecule has 1 aromatic carbocycles. The molecular formula is C14H18ClN3O. The van der Waals surface area contributed by atoms with Crippen LogP contribution in [0.25, 0.3) is 0 Å². The van der Waals surface area contributed by atoms with Crippen LogP contribution >= 0.6 is 11.6 Å². The summed E-state index contributed by atoms with van der Waals surface area (Å²) in [6, 6.07) is 5.71. The van der Waals surface area contributed by atoms with E-state index in [2.05, 4.69) is 15.5 Å². The van der Waals surface area contributed by atoms with Gasteiger partial charge in [0.2, 0.25) is 0 Å². The highest BCUT2D eigenvalue weighted by Gasteiger charge is 2.06. The van der Waals surface area contributed by atoms with Gasteiger partial charge in [-0.1, -0.05) is 11.6 Å². The number of hydrogen-bond acceptors (Lipinski definition) is 3. The van der Waals surface area contributed by atoms with Crippen molar-refractivity contribution in [1.29, 1.82) is 0 Å². The highest BCUT2D eigenvalue weighted by Crippen LogP contribution is 2.28. The van der Waals surface area contributed by atoms with E-state index in [1.807, 2.05) is 45.2 Å². The van der Waals surface area contributed by atoms with Crippen LogP contribution in [-0.4, -0.2) is 16.3 Å². The Hall–Kier alpha value is -1.68. The van der Waals surface area contributed by atoms with Crippen LogP contribution in [0.15, 0.2) is 24.4 Å². The van der Waals surface area contributed by atoms with E-state index < -0.39 is 0 Å². The number of nitrogens with one attached hydrogen (secondary N) is 2. The predicted molar refractivity (Wildman–Crippen MR) is 77.9 cm³/mol. The van der Waals surface area contributed by atoms with E-state index in [9.17, 15) is 0 Å². The van der Waals surface area contributed by atoms with Gasteiger partial charge in [-0.3, -0.25) is 5.10 Å². The van der Waals surface area contributed by atoms with Crippen LogP contribution in [0.3, 0.4) is 0 Å². The second kappa shape index (κ2) is 5.97. The number of halogens is 1. The molecule has 0 unspecified atom stereocenters. The van der Waals surface area contributed by atoms with Gasteiger partial charge in [0.1, 0.15) is 5.75 Å². The molecule has 5 heteroatoms. The minimum atomic E-state index is 0.116. The third kappa shape index (κ3) is 3.64. The van der Waals surface area contributed by atoms with Gasteiger partial charge in [-0.2, -0.15) is 5.10 Å². The number of ether oxygens (including phenoxy) is 1. The van der Waals surface area contributed by atoms with E-state index in [4.69, 9.17) is 16.3 Å². The zero-order valence-electron chi connectivity index (χ0n) is 11.3. The Bertz CT molecular complexity index is 551. The molecule has 0 aliphatic carbocycles. The summed E-state index contributed by atoms with van der Waals surface area (Å²) in [5.41, 5.74) is 3.17. The van der Waals surface area contributed by atoms with E-state index in [0.717, 1.165) is 16.9 Å². The fourth-order valence-electron chi connectivity index (χ4n) is 1.71. The lowest BCUT2D eigenvalue weighted by Crippen LogP contribution is -2.06. The molecule has 0 fully saturated rings.